The Morgan fingerprint density at radius 1 is 1.23 bits per heavy atom. The molecule has 1 aromatic heterocycles. The van der Waals surface area contributed by atoms with Gasteiger partial charge in [-0.15, -0.1) is 0 Å². The summed E-state index contributed by atoms with van der Waals surface area (Å²) in [5.74, 6) is 2.77. The summed E-state index contributed by atoms with van der Waals surface area (Å²) in [6.07, 6.45) is 7.17. The molecule has 0 unspecified atom stereocenters. The number of hydrogen-bond donors (Lipinski definition) is 0. The third kappa shape index (κ3) is 3.89. The molecule has 0 atom stereocenters. The van der Waals surface area contributed by atoms with Gasteiger partial charge in [-0.1, -0.05) is 12.1 Å². The van der Waals surface area contributed by atoms with Crippen LogP contribution in [-0.4, -0.2) is 29.4 Å². The molecule has 3 rings (SSSR count). The minimum Gasteiger partial charge on any atom is -0.494 e. The van der Waals surface area contributed by atoms with Crippen molar-refractivity contribution in [2.24, 2.45) is 5.92 Å². The molecule has 118 valence electrons. The van der Waals surface area contributed by atoms with Crippen LogP contribution < -0.4 is 4.74 Å². The summed E-state index contributed by atoms with van der Waals surface area (Å²) in [5, 5.41) is 0. The number of rotatable bonds is 6. The van der Waals surface area contributed by atoms with E-state index in [0.717, 1.165) is 50.6 Å². The van der Waals surface area contributed by atoms with Gasteiger partial charge in [-0.3, -0.25) is 0 Å². The number of ether oxygens (including phenoxy) is 2. The first-order valence-electron chi connectivity index (χ1n) is 8.14. The lowest BCUT2D eigenvalue weighted by atomic mass is 10.0. The Balaban J connectivity index is 1.63. The first-order chi connectivity index (χ1) is 10.8. The lowest BCUT2D eigenvalue weighted by molar-refractivity contribution is 0.0610. The summed E-state index contributed by atoms with van der Waals surface area (Å²) in [7, 11) is 0. The van der Waals surface area contributed by atoms with E-state index in [9.17, 15) is 0 Å². The van der Waals surface area contributed by atoms with Gasteiger partial charge >= 0.3 is 0 Å². The van der Waals surface area contributed by atoms with Gasteiger partial charge < -0.3 is 14.0 Å². The maximum absolute atomic E-state index is 5.49. The average Bonchev–Trinajstić information content (AvgIpc) is 2.97. The highest BCUT2D eigenvalue weighted by Gasteiger charge is 2.15. The second-order valence-corrected chi connectivity index (χ2v) is 5.81. The molecule has 2 aromatic rings. The minimum atomic E-state index is 0.703. The molecule has 1 aromatic carbocycles. The van der Waals surface area contributed by atoms with Crippen molar-refractivity contribution in [2.45, 2.75) is 32.7 Å². The standard InChI is InChI=1S/C18H24N2O2/c1-2-22-17-5-3-15(4-6-17)13-18-19-9-10-20(18)14-16-7-11-21-12-8-16/h3-6,9-10,16H,2,7-8,11-14H2,1H3. The molecule has 0 saturated carbocycles. The Morgan fingerprint density at radius 2 is 2.00 bits per heavy atom. The van der Waals surface area contributed by atoms with Crippen molar-refractivity contribution < 1.29 is 9.47 Å². The fraction of sp³-hybridized carbons (Fsp3) is 0.500. The Bertz CT molecular complexity index is 571. The van der Waals surface area contributed by atoms with Gasteiger partial charge in [0.1, 0.15) is 11.6 Å². The van der Waals surface area contributed by atoms with E-state index in [0.29, 0.717) is 12.5 Å². The van der Waals surface area contributed by atoms with Gasteiger partial charge in [0.25, 0.3) is 0 Å². The van der Waals surface area contributed by atoms with Gasteiger partial charge in [-0.2, -0.15) is 0 Å². The smallest absolute Gasteiger partial charge is 0.119 e. The summed E-state index contributed by atoms with van der Waals surface area (Å²) < 4.78 is 13.2. The largest absolute Gasteiger partial charge is 0.494 e. The van der Waals surface area contributed by atoms with E-state index in [-0.39, 0.29) is 0 Å². The molecule has 0 amide bonds. The van der Waals surface area contributed by atoms with Gasteiger partial charge in [0.2, 0.25) is 0 Å². The Morgan fingerprint density at radius 3 is 2.73 bits per heavy atom. The van der Waals surface area contributed by atoms with E-state index in [1.54, 1.807) is 0 Å². The van der Waals surface area contributed by atoms with Crippen LogP contribution in [0.4, 0.5) is 0 Å². The molecule has 0 spiro atoms. The monoisotopic (exact) mass is 300 g/mol. The highest BCUT2D eigenvalue weighted by molar-refractivity contribution is 5.29. The van der Waals surface area contributed by atoms with Gasteiger partial charge in [0, 0.05) is 38.6 Å². The van der Waals surface area contributed by atoms with Crippen molar-refractivity contribution in [2.75, 3.05) is 19.8 Å². The fourth-order valence-electron chi connectivity index (χ4n) is 2.93. The molecule has 1 fully saturated rings. The van der Waals surface area contributed by atoms with Gasteiger partial charge in [-0.25, -0.2) is 4.98 Å². The summed E-state index contributed by atoms with van der Waals surface area (Å²) in [5.41, 5.74) is 1.27. The normalized spacial score (nSPS) is 15.9. The molecular formula is C18H24N2O2. The van der Waals surface area contributed by atoms with Crippen LogP contribution >= 0.6 is 0 Å². The van der Waals surface area contributed by atoms with Crippen molar-refractivity contribution in [1.29, 1.82) is 0 Å². The summed E-state index contributed by atoms with van der Waals surface area (Å²) in [6, 6.07) is 8.31. The van der Waals surface area contributed by atoms with E-state index in [1.165, 1.54) is 5.56 Å². The molecule has 0 radical (unpaired) electrons. The van der Waals surface area contributed by atoms with E-state index in [2.05, 4.69) is 27.9 Å². The van der Waals surface area contributed by atoms with Crippen LogP contribution in [0.15, 0.2) is 36.7 Å². The lowest BCUT2D eigenvalue weighted by Gasteiger charge is -2.23. The molecule has 4 nitrogen and oxygen atoms in total. The van der Waals surface area contributed by atoms with Crippen LogP contribution in [0.2, 0.25) is 0 Å². The van der Waals surface area contributed by atoms with Crippen molar-refractivity contribution >= 4 is 0 Å². The number of benzene rings is 1. The molecule has 0 N–H and O–H groups in total. The zero-order valence-corrected chi connectivity index (χ0v) is 13.2. The molecule has 1 saturated heterocycles. The van der Waals surface area contributed by atoms with Gasteiger partial charge in [0.05, 0.1) is 6.61 Å². The highest BCUT2D eigenvalue weighted by atomic mass is 16.5. The zero-order chi connectivity index (χ0) is 15.2. The number of nitrogens with zero attached hydrogens (tertiary/aromatic N) is 2. The second kappa shape index (κ2) is 7.45. The van der Waals surface area contributed by atoms with Crippen molar-refractivity contribution in [1.82, 2.24) is 9.55 Å². The minimum absolute atomic E-state index is 0.703. The molecule has 0 bridgehead atoms. The predicted molar refractivity (Wildman–Crippen MR) is 86.2 cm³/mol. The SMILES string of the molecule is CCOc1ccc(Cc2nccn2CC2CCOCC2)cc1. The highest BCUT2D eigenvalue weighted by Crippen LogP contribution is 2.19. The molecule has 22 heavy (non-hydrogen) atoms. The molecular weight excluding hydrogens is 276 g/mol. The Hall–Kier alpha value is -1.81. The van der Waals surface area contributed by atoms with Crippen LogP contribution in [0.25, 0.3) is 0 Å². The van der Waals surface area contributed by atoms with Crippen LogP contribution in [0, 0.1) is 5.92 Å². The topological polar surface area (TPSA) is 36.3 Å². The van der Waals surface area contributed by atoms with E-state index >= 15 is 0 Å². The molecule has 2 heterocycles. The zero-order valence-electron chi connectivity index (χ0n) is 13.2. The maximum Gasteiger partial charge on any atom is 0.119 e. The third-order valence-corrected chi connectivity index (χ3v) is 4.19. The first-order valence-corrected chi connectivity index (χ1v) is 8.14. The van der Waals surface area contributed by atoms with Crippen molar-refractivity contribution in [3.8, 4) is 5.75 Å². The van der Waals surface area contributed by atoms with E-state index in [1.807, 2.05) is 25.3 Å². The Labute approximate surface area is 132 Å². The van der Waals surface area contributed by atoms with Crippen LogP contribution in [0.3, 0.4) is 0 Å². The number of aromatic nitrogens is 2. The molecule has 1 aliphatic heterocycles. The summed E-state index contributed by atoms with van der Waals surface area (Å²) in [6.45, 7) is 5.55. The summed E-state index contributed by atoms with van der Waals surface area (Å²) >= 11 is 0. The Kier molecular flexibility index (Phi) is 5.11. The lowest BCUT2D eigenvalue weighted by Crippen LogP contribution is -2.21. The van der Waals surface area contributed by atoms with E-state index < -0.39 is 0 Å². The molecule has 0 aliphatic carbocycles. The first kappa shape index (κ1) is 15.1. The van der Waals surface area contributed by atoms with Gasteiger partial charge in [0.15, 0.2) is 0 Å². The van der Waals surface area contributed by atoms with Crippen molar-refractivity contribution in [3.05, 3.63) is 48.0 Å². The third-order valence-electron chi connectivity index (χ3n) is 4.19. The van der Waals surface area contributed by atoms with Crippen LogP contribution in [0.1, 0.15) is 31.2 Å². The summed E-state index contributed by atoms with van der Waals surface area (Å²) in [4.78, 5) is 4.54. The fourth-order valence-corrected chi connectivity index (χ4v) is 2.93. The molecule has 1 aliphatic rings. The maximum atomic E-state index is 5.49. The van der Waals surface area contributed by atoms with E-state index in [4.69, 9.17) is 9.47 Å². The van der Waals surface area contributed by atoms with Crippen molar-refractivity contribution in [3.63, 3.8) is 0 Å². The van der Waals surface area contributed by atoms with Crippen LogP contribution in [0.5, 0.6) is 5.75 Å². The number of imidazole rings is 1. The number of hydrogen-bond acceptors (Lipinski definition) is 3. The second-order valence-electron chi connectivity index (χ2n) is 5.81. The van der Waals surface area contributed by atoms with Gasteiger partial charge in [-0.05, 0) is 43.4 Å². The predicted octanol–water partition coefficient (Wildman–Crippen LogP) is 3.30. The van der Waals surface area contributed by atoms with Crippen LogP contribution in [-0.2, 0) is 17.7 Å². The average molecular weight is 300 g/mol. The molecule has 4 heteroatoms. The quantitative estimate of drug-likeness (QED) is 0.821.